The third-order valence-electron chi connectivity index (χ3n) is 5.94. The number of halogens is 1. The van der Waals surface area contributed by atoms with Crippen LogP contribution in [0.5, 0.6) is 0 Å². The van der Waals surface area contributed by atoms with Gasteiger partial charge in [-0.1, -0.05) is 78.9 Å². The first-order chi connectivity index (χ1) is 15.8. The van der Waals surface area contributed by atoms with Crippen LogP contribution in [-0.4, -0.2) is 66.8 Å². The van der Waals surface area contributed by atoms with Crippen LogP contribution in [0.15, 0.2) is 97.1 Å². The molecule has 1 aliphatic heterocycles. The maximum Gasteiger partial charge on any atom is 0.0845 e. The van der Waals surface area contributed by atoms with Crippen molar-refractivity contribution in [2.75, 3.05) is 50.7 Å². The molecule has 0 spiro atoms. The van der Waals surface area contributed by atoms with Gasteiger partial charge in [0, 0.05) is 50.6 Å². The average molecular weight is 464 g/mol. The molecule has 33 heavy (non-hydrogen) atoms. The molecular formula is C28H34ClN3O. The summed E-state index contributed by atoms with van der Waals surface area (Å²) in [6.45, 7) is 6.30. The highest BCUT2D eigenvalue weighted by Crippen LogP contribution is 2.25. The average Bonchev–Trinajstić information content (AvgIpc) is 2.85. The monoisotopic (exact) mass is 463 g/mol. The molecule has 3 aromatic carbocycles. The van der Waals surface area contributed by atoms with E-state index >= 15 is 0 Å². The van der Waals surface area contributed by atoms with Crippen LogP contribution in [0.3, 0.4) is 0 Å². The van der Waals surface area contributed by atoms with Crippen molar-refractivity contribution in [1.82, 2.24) is 9.80 Å². The lowest BCUT2D eigenvalue weighted by Gasteiger charge is -2.36. The standard InChI is InChI=1S/C28H33N3O.ClH/c32-28(24-31(26-14-6-2-7-15-26)27-16-8-3-9-17-27)23-30-21-19-29(20-22-30)18-10-13-25-11-4-1-5-12-25;/h1-17,28,32H,18-24H2;1H/b13-10+;. The number of piperazine rings is 1. The molecule has 0 bridgehead atoms. The molecule has 4 rings (SSSR count). The van der Waals surface area contributed by atoms with Gasteiger partial charge in [0.05, 0.1) is 12.6 Å². The predicted octanol–water partition coefficient (Wildman–Crippen LogP) is 4.94. The number of para-hydroxylation sites is 2. The first-order valence-corrected chi connectivity index (χ1v) is 11.5. The number of hydrogen-bond donors (Lipinski definition) is 1. The van der Waals surface area contributed by atoms with Gasteiger partial charge in [0.2, 0.25) is 0 Å². The summed E-state index contributed by atoms with van der Waals surface area (Å²) in [7, 11) is 0. The number of hydrogen-bond acceptors (Lipinski definition) is 4. The van der Waals surface area contributed by atoms with Crippen molar-refractivity contribution in [3.8, 4) is 0 Å². The summed E-state index contributed by atoms with van der Waals surface area (Å²) in [6, 6.07) is 31.1. The smallest absolute Gasteiger partial charge is 0.0845 e. The molecule has 4 nitrogen and oxygen atoms in total. The van der Waals surface area contributed by atoms with Gasteiger partial charge in [0.25, 0.3) is 0 Å². The van der Waals surface area contributed by atoms with E-state index in [2.05, 4.69) is 75.4 Å². The minimum Gasteiger partial charge on any atom is -0.390 e. The van der Waals surface area contributed by atoms with Gasteiger partial charge in [-0.2, -0.15) is 0 Å². The molecule has 0 saturated carbocycles. The molecule has 1 N–H and O–H groups in total. The molecule has 1 unspecified atom stereocenters. The summed E-state index contributed by atoms with van der Waals surface area (Å²) in [5, 5.41) is 10.9. The molecule has 174 valence electrons. The molecular weight excluding hydrogens is 430 g/mol. The maximum absolute atomic E-state index is 10.9. The van der Waals surface area contributed by atoms with Gasteiger partial charge in [0.15, 0.2) is 0 Å². The Morgan fingerprint density at radius 1 is 0.727 bits per heavy atom. The van der Waals surface area contributed by atoms with Crippen LogP contribution in [0.4, 0.5) is 11.4 Å². The van der Waals surface area contributed by atoms with Crippen LogP contribution in [-0.2, 0) is 0 Å². The minimum atomic E-state index is -0.417. The van der Waals surface area contributed by atoms with Crippen molar-refractivity contribution in [3.05, 3.63) is 103 Å². The lowest BCUT2D eigenvalue weighted by atomic mass is 10.2. The number of rotatable bonds is 9. The third kappa shape index (κ3) is 7.72. The van der Waals surface area contributed by atoms with Gasteiger partial charge >= 0.3 is 0 Å². The first kappa shape index (κ1) is 25.0. The number of benzene rings is 3. The second-order valence-electron chi connectivity index (χ2n) is 8.35. The van der Waals surface area contributed by atoms with E-state index < -0.39 is 6.10 Å². The molecule has 1 fully saturated rings. The lowest BCUT2D eigenvalue weighted by Crippen LogP contribution is -2.49. The molecule has 1 saturated heterocycles. The normalized spacial score (nSPS) is 15.8. The molecule has 1 heterocycles. The van der Waals surface area contributed by atoms with E-state index in [-0.39, 0.29) is 12.4 Å². The summed E-state index contributed by atoms with van der Waals surface area (Å²) in [5.41, 5.74) is 3.45. The molecule has 0 aliphatic carbocycles. The van der Waals surface area contributed by atoms with E-state index in [1.54, 1.807) is 0 Å². The molecule has 0 amide bonds. The van der Waals surface area contributed by atoms with Crippen molar-refractivity contribution < 1.29 is 5.11 Å². The van der Waals surface area contributed by atoms with Crippen molar-refractivity contribution in [2.24, 2.45) is 0 Å². The van der Waals surface area contributed by atoms with Crippen LogP contribution in [0, 0.1) is 0 Å². The van der Waals surface area contributed by atoms with Gasteiger partial charge in [0.1, 0.15) is 0 Å². The van der Waals surface area contributed by atoms with E-state index in [0.29, 0.717) is 13.1 Å². The van der Waals surface area contributed by atoms with Crippen LogP contribution in [0.1, 0.15) is 5.56 Å². The number of aliphatic hydroxyl groups excluding tert-OH is 1. The molecule has 0 radical (unpaired) electrons. The van der Waals surface area contributed by atoms with Crippen molar-refractivity contribution in [3.63, 3.8) is 0 Å². The van der Waals surface area contributed by atoms with Crippen molar-refractivity contribution in [1.29, 1.82) is 0 Å². The first-order valence-electron chi connectivity index (χ1n) is 11.5. The fourth-order valence-electron chi connectivity index (χ4n) is 4.20. The quantitative estimate of drug-likeness (QED) is 0.487. The summed E-state index contributed by atoms with van der Waals surface area (Å²) in [5.74, 6) is 0. The van der Waals surface area contributed by atoms with Gasteiger partial charge in [-0.15, -0.1) is 12.4 Å². The van der Waals surface area contributed by atoms with E-state index in [4.69, 9.17) is 0 Å². The Balaban J connectivity index is 0.00000306. The summed E-state index contributed by atoms with van der Waals surface area (Å²) >= 11 is 0. The summed E-state index contributed by atoms with van der Waals surface area (Å²) < 4.78 is 0. The molecule has 0 aromatic heterocycles. The van der Waals surface area contributed by atoms with Gasteiger partial charge < -0.3 is 10.0 Å². The highest BCUT2D eigenvalue weighted by molar-refractivity contribution is 5.85. The second kappa shape index (κ2) is 13.2. The highest BCUT2D eigenvalue weighted by Gasteiger charge is 2.21. The van der Waals surface area contributed by atoms with Gasteiger partial charge in [-0.05, 0) is 29.8 Å². The third-order valence-corrected chi connectivity index (χ3v) is 5.94. The molecule has 1 aliphatic rings. The Morgan fingerprint density at radius 3 is 1.76 bits per heavy atom. The van der Waals surface area contributed by atoms with Crippen molar-refractivity contribution >= 4 is 29.9 Å². The second-order valence-corrected chi connectivity index (χ2v) is 8.35. The number of β-amino-alcohol motifs (C(OH)–C–C–N with tert-alkyl or cyclic N) is 1. The van der Waals surface area contributed by atoms with Crippen molar-refractivity contribution in [2.45, 2.75) is 6.10 Å². The zero-order valence-electron chi connectivity index (χ0n) is 19.0. The number of aliphatic hydroxyl groups is 1. The van der Waals surface area contributed by atoms with Gasteiger partial charge in [-0.25, -0.2) is 0 Å². The Morgan fingerprint density at radius 2 is 1.21 bits per heavy atom. The zero-order chi connectivity index (χ0) is 22.0. The van der Waals surface area contributed by atoms with Crippen LogP contribution >= 0.6 is 12.4 Å². The fraction of sp³-hybridized carbons (Fsp3) is 0.286. The largest absolute Gasteiger partial charge is 0.390 e. The molecule has 1 atom stereocenters. The Hall–Kier alpha value is -2.63. The highest BCUT2D eigenvalue weighted by atomic mass is 35.5. The SMILES string of the molecule is Cl.OC(CN1CCN(C/C=C/c2ccccc2)CC1)CN(c1ccccc1)c1ccccc1. The summed E-state index contributed by atoms with van der Waals surface area (Å²) in [6.07, 6.45) is 4.02. The van der Waals surface area contributed by atoms with Crippen LogP contribution < -0.4 is 4.90 Å². The van der Waals surface area contributed by atoms with Gasteiger partial charge in [-0.3, -0.25) is 9.80 Å². The van der Waals surface area contributed by atoms with Crippen LogP contribution in [0.2, 0.25) is 0 Å². The van der Waals surface area contributed by atoms with E-state index in [1.165, 1.54) is 5.56 Å². The Kier molecular flexibility index (Phi) is 9.98. The van der Waals surface area contributed by atoms with E-state index in [9.17, 15) is 5.11 Å². The molecule has 5 heteroatoms. The Labute approximate surface area is 204 Å². The lowest BCUT2D eigenvalue weighted by molar-refractivity contribution is 0.0805. The zero-order valence-corrected chi connectivity index (χ0v) is 19.9. The van der Waals surface area contributed by atoms with E-state index in [0.717, 1.165) is 44.1 Å². The topological polar surface area (TPSA) is 30.0 Å². The summed E-state index contributed by atoms with van der Waals surface area (Å²) in [4.78, 5) is 7.06. The van der Waals surface area contributed by atoms with Crippen LogP contribution in [0.25, 0.3) is 6.08 Å². The maximum atomic E-state index is 10.9. The number of nitrogens with zero attached hydrogens (tertiary/aromatic N) is 3. The Bertz CT molecular complexity index is 905. The fourth-order valence-corrected chi connectivity index (χ4v) is 4.20. The minimum absolute atomic E-state index is 0. The number of anilines is 2. The predicted molar refractivity (Wildman–Crippen MR) is 142 cm³/mol. The molecule has 3 aromatic rings. The van der Waals surface area contributed by atoms with E-state index in [1.807, 2.05) is 42.5 Å².